The first-order chi connectivity index (χ1) is 9.58. The fourth-order valence-corrected chi connectivity index (χ4v) is 2.35. The molecule has 1 rings (SSSR count). The first kappa shape index (κ1) is 17.2. The van der Waals surface area contributed by atoms with Gasteiger partial charge in [0.25, 0.3) is 0 Å². The lowest BCUT2D eigenvalue weighted by atomic mass is 10.1. The van der Waals surface area contributed by atoms with Crippen molar-refractivity contribution in [2.45, 2.75) is 13.0 Å². The van der Waals surface area contributed by atoms with E-state index in [-0.39, 0.29) is 6.04 Å². The lowest BCUT2D eigenvalue weighted by Gasteiger charge is -2.18. The zero-order valence-electron chi connectivity index (χ0n) is 12.1. The highest BCUT2D eigenvalue weighted by Crippen LogP contribution is 2.27. The van der Waals surface area contributed by atoms with Crippen molar-refractivity contribution in [1.82, 2.24) is 5.32 Å². The molecule has 0 radical (unpaired) electrons. The second-order valence-corrected chi connectivity index (χ2v) is 5.50. The first-order valence-electron chi connectivity index (χ1n) is 6.57. The van der Waals surface area contributed by atoms with Gasteiger partial charge in [-0.1, -0.05) is 18.2 Å². The van der Waals surface area contributed by atoms with Crippen molar-refractivity contribution in [3.63, 3.8) is 0 Å². The van der Waals surface area contributed by atoms with Crippen LogP contribution >= 0.6 is 15.9 Å². The summed E-state index contributed by atoms with van der Waals surface area (Å²) in [5.41, 5.74) is 7.98. The van der Waals surface area contributed by atoms with Crippen LogP contribution in [0.25, 0.3) is 0 Å². The third-order valence-electron chi connectivity index (χ3n) is 2.80. The zero-order valence-corrected chi connectivity index (χ0v) is 13.7. The van der Waals surface area contributed by atoms with E-state index in [9.17, 15) is 0 Å². The minimum atomic E-state index is 0.102. The van der Waals surface area contributed by atoms with E-state index < -0.39 is 0 Å². The summed E-state index contributed by atoms with van der Waals surface area (Å²) in [6.45, 7) is 8.26. The fourth-order valence-electron chi connectivity index (χ4n) is 1.79. The molecule has 1 aromatic rings. The van der Waals surface area contributed by atoms with Crippen molar-refractivity contribution >= 4 is 15.9 Å². The molecule has 1 aromatic carbocycles. The molecule has 0 saturated carbocycles. The fraction of sp³-hybridized carbons (Fsp3) is 0.467. The number of benzene rings is 1. The molecule has 0 aliphatic heterocycles. The molecule has 0 fully saturated rings. The van der Waals surface area contributed by atoms with E-state index >= 15 is 0 Å². The molecule has 4 nitrogen and oxygen atoms in total. The van der Waals surface area contributed by atoms with Gasteiger partial charge in [-0.15, -0.1) is 0 Å². The summed E-state index contributed by atoms with van der Waals surface area (Å²) in [7, 11) is 1.65. The van der Waals surface area contributed by atoms with Crippen molar-refractivity contribution in [1.29, 1.82) is 0 Å². The van der Waals surface area contributed by atoms with Crippen LogP contribution in [0.3, 0.4) is 0 Å². The number of methoxy groups -OCH3 is 1. The summed E-state index contributed by atoms with van der Waals surface area (Å²) in [5, 5.41) is 3.38. The van der Waals surface area contributed by atoms with Gasteiger partial charge in [0.05, 0.1) is 24.8 Å². The molecule has 5 heteroatoms. The van der Waals surface area contributed by atoms with Gasteiger partial charge in [-0.3, -0.25) is 0 Å². The van der Waals surface area contributed by atoms with Gasteiger partial charge in [-0.2, -0.15) is 0 Å². The van der Waals surface area contributed by atoms with E-state index in [4.69, 9.17) is 15.2 Å². The predicted molar refractivity (Wildman–Crippen MR) is 86.1 cm³/mol. The molecule has 20 heavy (non-hydrogen) atoms. The number of hydrogen-bond acceptors (Lipinski definition) is 4. The molecule has 3 N–H and O–H groups in total. The molecule has 1 unspecified atom stereocenters. The number of ether oxygens (including phenoxy) is 2. The monoisotopic (exact) mass is 342 g/mol. The topological polar surface area (TPSA) is 56.5 Å². The van der Waals surface area contributed by atoms with Crippen LogP contribution in [0.5, 0.6) is 5.75 Å². The molecule has 1 atom stereocenters. The van der Waals surface area contributed by atoms with Crippen molar-refractivity contribution < 1.29 is 9.47 Å². The highest BCUT2D eigenvalue weighted by molar-refractivity contribution is 9.10. The average Bonchev–Trinajstić information content (AvgIpc) is 2.42. The summed E-state index contributed by atoms with van der Waals surface area (Å²) in [6.07, 6.45) is 0. The lowest BCUT2D eigenvalue weighted by Crippen LogP contribution is -2.31. The normalized spacial score (nSPS) is 12.2. The van der Waals surface area contributed by atoms with E-state index in [0.717, 1.165) is 27.9 Å². The maximum Gasteiger partial charge on any atom is 0.133 e. The van der Waals surface area contributed by atoms with Crippen LogP contribution in [0.1, 0.15) is 18.5 Å². The molecule has 0 aromatic heterocycles. The Bertz CT molecular complexity index is 438. The number of nitrogens with one attached hydrogen (secondary N) is 1. The van der Waals surface area contributed by atoms with E-state index in [2.05, 4.69) is 27.8 Å². The Morgan fingerprint density at radius 3 is 2.80 bits per heavy atom. The Balaban J connectivity index is 2.49. The lowest BCUT2D eigenvalue weighted by molar-refractivity contribution is 0.155. The van der Waals surface area contributed by atoms with Gasteiger partial charge in [-0.25, -0.2) is 0 Å². The Morgan fingerprint density at radius 1 is 1.50 bits per heavy atom. The molecule has 0 saturated heterocycles. The predicted octanol–water partition coefficient (Wildman–Crippen LogP) is 2.64. The van der Waals surface area contributed by atoms with Crippen molar-refractivity contribution in [3.05, 3.63) is 40.4 Å². The highest BCUT2D eigenvalue weighted by Gasteiger charge is 2.11. The summed E-state index contributed by atoms with van der Waals surface area (Å²) in [6, 6.07) is 6.08. The van der Waals surface area contributed by atoms with E-state index in [0.29, 0.717) is 19.8 Å². The zero-order chi connectivity index (χ0) is 15.0. The van der Waals surface area contributed by atoms with Crippen LogP contribution in [0.15, 0.2) is 34.8 Å². The first-order valence-corrected chi connectivity index (χ1v) is 7.36. The van der Waals surface area contributed by atoms with E-state index in [1.807, 2.05) is 25.1 Å². The van der Waals surface area contributed by atoms with Gasteiger partial charge in [0.1, 0.15) is 5.75 Å². The maximum atomic E-state index is 5.82. The molecule has 0 aliphatic rings. The number of halogens is 1. The van der Waals surface area contributed by atoms with Gasteiger partial charge in [0, 0.05) is 19.1 Å². The minimum absolute atomic E-state index is 0.102. The quantitative estimate of drug-likeness (QED) is 0.535. The number of rotatable bonds is 9. The smallest absolute Gasteiger partial charge is 0.133 e. The van der Waals surface area contributed by atoms with Gasteiger partial charge in [0.15, 0.2) is 0 Å². The highest BCUT2D eigenvalue weighted by atomic mass is 79.9. The number of hydrogen-bond donors (Lipinski definition) is 2. The van der Waals surface area contributed by atoms with Gasteiger partial charge in [-0.05, 0) is 40.5 Å². The molecule has 0 aliphatic carbocycles. The van der Waals surface area contributed by atoms with Gasteiger partial charge in [0.2, 0.25) is 0 Å². The van der Waals surface area contributed by atoms with E-state index in [1.54, 1.807) is 7.11 Å². The molecule has 0 spiro atoms. The second kappa shape index (κ2) is 9.13. The SMILES string of the molecule is C=C(C)COCCNC(CN)c1ccc(OC)c(Br)c1. The van der Waals surface area contributed by atoms with Crippen LogP contribution in [-0.2, 0) is 4.74 Å². The van der Waals surface area contributed by atoms with Crippen molar-refractivity contribution in [2.75, 3.05) is 33.4 Å². The van der Waals surface area contributed by atoms with Crippen LogP contribution in [0.2, 0.25) is 0 Å². The Labute approximate surface area is 129 Å². The minimum Gasteiger partial charge on any atom is -0.496 e. The maximum absolute atomic E-state index is 5.82. The van der Waals surface area contributed by atoms with Crippen LogP contribution in [0, 0.1) is 0 Å². The molecule has 0 bridgehead atoms. The molecular formula is C15H23BrN2O2. The molecule has 0 heterocycles. The average molecular weight is 343 g/mol. The number of nitrogens with two attached hydrogens (primary N) is 1. The third kappa shape index (κ3) is 5.63. The van der Waals surface area contributed by atoms with E-state index in [1.165, 1.54) is 0 Å². The molecular weight excluding hydrogens is 320 g/mol. The van der Waals surface area contributed by atoms with Crippen molar-refractivity contribution in [3.8, 4) is 5.75 Å². The molecule has 0 amide bonds. The van der Waals surface area contributed by atoms with Crippen LogP contribution in [-0.4, -0.2) is 33.4 Å². The Morgan fingerprint density at radius 2 is 2.25 bits per heavy atom. The summed E-state index contributed by atoms with van der Waals surface area (Å²) < 4.78 is 11.6. The Hall–Kier alpha value is -0.880. The summed E-state index contributed by atoms with van der Waals surface area (Å²) >= 11 is 3.49. The van der Waals surface area contributed by atoms with Crippen LogP contribution in [0.4, 0.5) is 0 Å². The molecule has 112 valence electrons. The summed E-state index contributed by atoms with van der Waals surface area (Å²) in [5.74, 6) is 0.814. The third-order valence-corrected chi connectivity index (χ3v) is 3.42. The van der Waals surface area contributed by atoms with Gasteiger partial charge >= 0.3 is 0 Å². The second-order valence-electron chi connectivity index (χ2n) is 4.65. The van der Waals surface area contributed by atoms with Crippen molar-refractivity contribution in [2.24, 2.45) is 5.73 Å². The van der Waals surface area contributed by atoms with Crippen LogP contribution < -0.4 is 15.8 Å². The summed E-state index contributed by atoms with van der Waals surface area (Å²) in [4.78, 5) is 0. The Kier molecular flexibility index (Phi) is 7.84. The standard InChI is InChI=1S/C15H23BrN2O2/c1-11(2)10-20-7-6-18-14(9-17)12-4-5-15(19-3)13(16)8-12/h4-5,8,14,18H,1,6-7,9-10,17H2,2-3H3. The largest absolute Gasteiger partial charge is 0.496 e. The van der Waals surface area contributed by atoms with Gasteiger partial charge < -0.3 is 20.5 Å².